The number of hydrogen-bond donors (Lipinski definition) is 0. The number of unbranched alkanes of at least 4 members (excludes halogenated alkanes) is 20. The Bertz CT molecular complexity index is 405. The van der Waals surface area contributed by atoms with E-state index in [1.165, 1.54) is 122 Å². The van der Waals surface area contributed by atoms with Crippen molar-refractivity contribution < 1.29 is 14.3 Å². The molecule has 0 aromatic carbocycles. The molecule has 0 saturated carbocycles. The van der Waals surface area contributed by atoms with Crippen molar-refractivity contribution in [3.05, 3.63) is 12.2 Å². The lowest BCUT2D eigenvalue weighted by Gasteiger charge is -2.06. The fourth-order valence-electron chi connectivity index (χ4n) is 4.11. The smallest absolute Gasteiger partial charge is 0.434 e. The Kier molecular flexibility index (Phi) is 28.2. The monoisotopic (exact) mass is 466 g/mol. The lowest BCUT2D eigenvalue weighted by Crippen LogP contribution is -2.09. The van der Waals surface area contributed by atoms with Crippen LogP contribution in [-0.2, 0) is 9.47 Å². The Labute approximate surface area is 207 Å². The van der Waals surface area contributed by atoms with Gasteiger partial charge in [0.2, 0.25) is 0 Å². The van der Waals surface area contributed by atoms with Crippen LogP contribution >= 0.6 is 0 Å². The van der Waals surface area contributed by atoms with Gasteiger partial charge in [0.15, 0.2) is 0 Å². The number of carbonyl (C=O) groups is 1. The van der Waals surface area contributed by atoms with Crippen LogP contribution in [-0.4, -0.2) is 19.4 Å². The van der Waals surface area contributed by atoms with Crippen molar-refractivity contribution >= 4 is 6.16 Å². The maximum atomic E-state index is 11.6. The van der Waals surface area contributed by atoms with E-state index >= 15 is 0 Å². The minimum absolute atomic E-state index is 0.483. The third-order valence-corrected chi connectivity index (χ3v) is 6.34. The normalized spacial score (nSPS) is 11.3. The minimum atomic E-state index is -0.483. The summed E-state index contributed by atoms with van der Waals surface area (Å²) in [6.45, 7) is 5.53. The second-order valence-electron chi connectivity index (χ2n) is 9.71. The first-order chi connectivity index (χ1) is 16.3. The van der Waals surface area contributed by atoms with Crippen LogP contribution in [0.4, 0.5) is 4.79 Å². The third kappa shape index (κ3) is 29.0. The molecule has 0 spiro atoms. The summed E-state index contributed by atoms with van der Waals surface area (Å²) < 4.78 is 10.4. The van der Waals surface area contributed by atoms with Gasteiger partial charge in [0.25, 0.3) is 0 Å². The Morgan fingerprint density at radius 3 is 1.15 bits per heavy atom. The molecule has 0 aliphatic heterocycles. The van der Waals surface area contributed by atoms with Crippen molar-refractivity contribution in [1.82, 2.24) is 0 Å². The Morgan fingerprint density at radius 2 is 0.758 bits per heavy atom. The molecule has 0 fully saturated rings. The molecular formula is C30H58O3. The van der Waals surface area contributed by atoms with Crippen LogP contribution < -0.4 is 0 Å². The molecule has 0 aromatic rings. The van der Waals surface area contributed by atoms with E-state index in [1.807, 2.05) is 0 Å². The molecule has 3 nitrogen and oxygen atoms in total. The molecule has 0 amide bonds. The zero-order valence-electron chi connectivity index (χ0n) is 22.6. The van der Waals surface area contributed by atoms with E-state index in [0.29, 0.717) is 13.2 Å². The summed E-state index contributed by atoms with van der Waals surface area (Å²) in [4.78, 5) is 11.6. The predicted molar refractivity (Wildman–Crippen MR) is 144 cm³/mol. The molecule has 0 aliphatic carbocycles. The molecule has 0 unspecified atom stereocenters. The van der Waals surface area contributed by atoms with Crippen LogP contribution in [0.5, 0.6) is 0 Å². The van der Waals surface area contributed by atoms with Crippen LogP contribution in [0.15, 0.2) is 12.2 Å². The summed E-state index contributed by atoms with van der Waals surface area (Å²) in [5.41, 5.74) is 0. The van der Waals surface area contributed by atoms with Crippen LogP contribution in [0, 0.1) is 0 Å². The summed E-state index contributed by atoms with van der Waals surface area (Å²) in [5.74, 6) is 0. The molecule has 33 heavy (non-hydrogen) atoms. The highest BCUT2D eigenvalue weighted by atomic mass is 16.7. The van der Waals surface area contributed by atoms with E-state index in [2.05, 4.69) is 26.0 Å². The molecule has 0 aliphatic rings. The van der Waals surface area contributed by atoms with Gasteiger partial charge >= 0.3 is 6.16 Å². The third-order valence-electron chi connectivity index (χ3n) is 6.34. The first kappa shape index (κ1) is 32.0. The molecule has 0 aromatic heterocycles. The second kappa shape index (κ2) is 29.0. The highest BCUT2D eigenvalue weighted by Gasteiger charge is 2.03. The van der Waals surface area contributed by atoms with E-state index in [-0.39, 0.29) is 0 Å². The average molecular weight is 467 g/mol. The van der Waals surface area contributed by atoms with E-state index in [0.717, 1.165) is 25.7 Å². The topological polar surface area (TPSA) is 35.5 Å². The zero-order chi connectivity index (χ0) is 24.1. The Balaban J connectivity index is 3.18. The molecule has 0 atom stereocenters. The first-order valence-electron chi connectivity index (χ1n) is 14.8. The van der Waals surface area contributed by atoms with Crippen LogP contribution in [0.25, 0.3) is 0 Å². The van der Waals surface area contributed by atoms with Crippen molar-refractivity contribution in [2.45, 2.75) is 162 Å². The van der Waals surface area contributed by atoms with Crippen molar-refractivity contribution in [2.24, 2.45) is 0 Å². The standard InChI is InChI=1S/C30H58O3/c1-3-5-7-9-11-13-15-16-17-19-21-23-25-27-29-33-30(31)32-28-26-24-22-20-18-14-12-10-8-6-4-2/h13,15H,3-12,14,16-29H2,1-2H3/b15-13-. The van der Waals surface area contributed by atoms with Crippen molar-refractivity contribution in [2.75, 3.05) is 13.2 Å². The van der Waals surface area contributed by atoms with Crippen LogP contribution in [0.2, 0.25) is 0 Å². The van der Waals surface area contributed by atoms with E-state index in [4.69, 9.17) is 9.47 Å². The van der Waals surface area contributed by atoms with Gasteiger partial charge in [0.05, 0.1) is 13.2 Å². The van der Waals surface area contributed by atoms with Crippen LogP contribution in [0.3, 0.4) is 0 Å². The van der Waals surface area contributed by atoms with Gasteiger partial charge in [-0.2, -0.15) is 0 Å². The molecule has 0 bridgehead atoms. The maximum Gasteiger partial charge on any atom is 0.508 e. The zero-order valence-corrected chi connectivity index (χ0v) is 22.6. The number of hydrogen-bond acceptors (Lipinski definition) is 3. The van der Waals surface area contributed by atoms with Gasteiger partial charge in [0.1, 0.15) is 0 Å². The molecule has 3 heteroatoms. The van der Waals surface area contributed by atoms with Gasteiger partial charge in [-0.3, -0.25) is 0 Å². The molecule has 0 saturated heterocycles. The van der Waals surface area contributed by atoms with E-state index in [1.54, 1.807) is 0 Å². The molecule has 196 valence electrons. The summed E-state index contributed by atoms with van der Waals surface area (Å²) in [7, 11) is 0. The molecule has 0 rings (SSSR count). The number of allylic oxidation sites excluding steroid dienone is 2. The molecule has 0 heterocycles. The van der Waals surface area contributed by atoms with Gasteiger partial charge in [0, 0.05) is 0 Å². The van der Waals surface area contributed by atoms with Crippen LogP contribution in [0.1, 0.15) is 162 Å². The van der Waals surface area contributed by atoms with Gasteiger partial charge in [-0.05, 0) is 38.5 Å². The van der Waals surface area contributed by atoms with E-state index < -0.39 is 6.16 Å². The number of ether oxygens (including phenoxy) is 2. The lowest BCUT2D eigenvalue weighted by molar-refractivity contribution is 0.0529. The van der Waals surface area contributed by atoms with Gasteiger partial charge < -0.3 is 9.47 Å². The lowest BCUT2D eigenvalue weighted by atomic mass is 10.1. The maximum absolute atomic E-state index is 11.6. The molecule has 0 radical (unpaired) electrons. The molecular weight excluding hydrogens is 408 g/mol. The van der Waals surface area contributed by atoms with Gasteiger partial charge in [-0.1, -0.05) is 135 Å². The van der Waals surface area contributed by atoms with Crippen molar-refractivity contribution in [3.8, 4) is 0 Å². The summed E-state index contributed by atoms with van der Waals surface area (Å²) in [6.07, 6.45) is 33.7. The number of rotatable bonds is 26. The first-order valence-corrected chi connectivity index (χ1v) is 14.8. The predicted octanol–water partition coefficient (Wildman–Crippen LogP) is 10.7. The fraction of sp³-hybridized carbons (Fsp3) is 0.900. The molecule has 0 N–H and O–H groups in total. The highest BCUT2D eigenvalue weighted by molar-refractivity contribution is 5.59. The summed E-state index contributed by atoms with van der Waals surface area (Å²) in [6, 6.07) is 0. The second-order valence-corrected chi connectivity index (χ2v) is 9.71. The quantitative estimate of drug-likeness (QED) is 0.0722. The van der Waals surface area contributed by atoms with Crippen molar-refractivity contribution in [1.29, 1.82) is 0 Å². The Hall–Kier alpha value is -0.990. The Morgan fingerprint density at radius 1 is 0.455 bits per heavy atom. The highest BCUT2D eigenvalue weighted by Crippen LogP contribution is 2.12. The number of carbonyl (C=O) groups excluding carboxylic acids is 1. The minimum Gasteiger partial charge on any atom is -0.434 e. The average Bonchev–Trinajstić information content (AvgIpc) is 2.82. The largest absolute Gasteiger partial charge is 0.508 e. The van der Waals surface area contributed by atoms with Gasteiger partial charge in [-0.15, -0.1) is 0 Å². The SMILES string of the molecule is CCCCCC/C=C\CCCCCCCCOC(=O)OCCCCCCCCCCCCC. The van der Waals surface area contributed by atoms with Gasteiger partial charge in [-0.25, -0.2) is 4.79 Å². The van der Waals surface area contributed by atoms with Crippen molar-refractivity contribution in [3.63, 3.8) is 0 Å². The summed E-state index contributed by atoms with van der Waals surface area (Å²) in [5, 5.41) is 0. The fourth-order valence-corrected chi connectivity index (χ4v) is 4.11. The summed E-state index contributed by atoms with van der Waals surface area (Å²) >= 11 is 0. The van der Waals surface area contributed by atoms with E-state index in [9.17, 15) is 4.79 Å².